The Kier molecular flexibility index (Phi) is 5.63. The fourth-order valence-corrected chi connectivity index (χ4v) is 4.13. The molecular weight excluding hydrogens is 488 g/mol. The predicted molar refractivity (Wildman–Crippen MR) is 126 cm³/mol. The summed E-state index contributed by atoms with van der Waals surface area (Å²) in [7, 11) is 0. The number of halogens is 2. The lowest BCUT2D eigenvalue weighted by atomic mass is 10.1. The van der Waals surface area contributed by atoms with E-state index in [-0.39, 0.29) is 40.6 Å². The maximum atomic E-state index is 15.0. The smallest absolute Gasteiger partial charge is 0.335 e. The zero-order chi connectivity index (χ0) is 26.6. The molecule has 0 saturated carbocycles. The van der Waals surface area contributed by atoms with Gasteiger partial charge in [-0.15, -0.1) is 0 Å². The maximum absolute atomic E-state index is 15.0. The number of amides is 1. The molecule has 1 aliphatic heterocycles. The van der Waals surface area contributed by atoms with Crippen molar-refractivity contribution >= 4 is 23.2 Å². The van der Waals surface area contributed by atoms with E-state index in [9.17, 15) is 24.2 Å². The normalized spacial score (nSPS) is 13.6. The second kappa shape index (κ2) is 8.59. The first-order valence-corrected chi connectivity index (χ1v) is 11.2. The average Bonchev–Trinajstić information content (AvgIpc) is 3.13. The van der Waals surface area contributed by atoms with Crippen LogP contribution in [0.25, 0.3) is 16.8 Å². The first-order valence-electron chi connectivity index (χ1n) is 11.2. The van der Waals surface area contributed by atoms with Crippen LogP contribution in [0.2, 0.25) is 0 Å². The highest BCUT2D eigenvalue weighted by molar-refractivity contribution is 6.00. The van der Waals surface area contributed by atoms with E-state index in [1.54, 1.807) is 11.3 Å². The van der Waals surface area contributed by atoms with Gasteiger partial charge in [0.15, 0.2) is 24.0 Å². The highest BCUT2D eigenvalue weighted by atomic mass is 19.1. The fourth-order valence-electron chi connectivity index (χ4n) is 4.13. The van der Waals surface area contributed by atoms with Crippen LogP contribution < -0.4 is 9.64 Å². The lowest BCUT2D eigenvalue weighted by Crippen LogP contribution is -2.39. The molecular formula is C25H21F2N5O5. The van der Waals surface area contributed by atoms with Gasteiger partial charge in [0.05, 0.1) is 29.2 Å². The minimum absolute atomic E-state index is 0.0269. The third-order valence-electron chi connectivity index (χ3n) is 6.03. The van der Waals surface area contributed by atoms with Gasteiger partial charge in [-0.05, 0) is 32.9 Å². The number of fused-ring (bicyclic) bond motifs is 2. The number of hydrogen-bond acceptors (Lipinski definition) is 7. The predicted octanol–water partition coefficient (Wildman–Crippen LogP) is 3.23. The van der Waals surface area contributed by atoms with Gasteiger partial charge in [-0.3, -0.25) is 9.69 Å². The van der Waals surface area contributed by atoms with Gasteiger partial charge in [-0.25, -0.2) is 28.5 Å². The quantitative estimate of drug-likeness (QED) is 0.420. The number of nitrogens with zero attached hydrogens (tertiary/aromatic N) is 5. The van der Waals surface area contributed by atoms with Crippen molar-refractivity contribution < 1.29 is 33.3 Å². The Hall–Kier alpha value is -4.45. The number of ether oxygens (including phenoxy) is 1. The molecule has 0 aliphatic carbocycles. The number of imidazole rings is 1. The monoisotopic (exact) mass is 509 g/mol. The molecule has 12 heteroatoms. The second-order valence-corrected chi connectivity index (χ2v) is 9.14. The molecule has 5 rings (SSSR count). The zero-order valence-electron chi connectivity index (χ0n) is 20.0. The molecule has 0 atom stereocenters. The van der Waals surface area contributed by atoms with Crippen molar-refractivity contribution in [1.29, 1.82) is 0 Å². The fraction of sp³-hybridized carbons (Fsp3) is 0.240. The molecule has 1 aliphatic rings. The zero-order valence-corrected chi connectivity index (χ0v) is 20.0. The molecule has 1 aromatic carbocycles. The standard InChI is InChI=1S/C25H21F2N5O5/c1-12-19(10-32-18-5-13(23(34)35)4-17(27)22(18)37-11-21(32)33)31-9-15(16(26)6-20(31)30-12)14-7-28-24(29-8-14)25(2,3)36/h4-9,36H,10-11H2,1-3H3,(H,34,35). The molecule has 0 saturated heterocycles. The molecule has 0 radical (unpaired) electrons. The summed E-state index contributed by atoms with van der Waals surface area (Å²) in [5.74, 6) is -3.41. The summed E-state index contributed by atoms with van der Waals surface area (Å²) in [6, 6.07) is 3.23. The number of aromatic nitrogens is 4. The van der Waals surface area contributed by atoms with E-state index in [1.807, 2.05) is 0 Å². The minimum Gasteiger partial charge on any atom is -0.478 e. The number of carboxylic acid groups (broad SMARTS) is 1. The van der Waals surface area contributed by atoms with Gasteiger partial charge in [0.1, 0.15) is 17.1 Å². The number of aliphatic hydroxyl groups is 1. The lowest BCUT2D eigenvalue weighted by Gasteiger charge is -2.30. The van der Waals surface area contributed by atoms with E-state index >= 15 is 4.39 Å². The molecule has 4 heterocycles. The Morgan fingerprint density at radius 1 is 1.16 bits per heavy atom. The Morgan fingerprint density at radius 3 is 2.51 bits per heavy atom. The van der Waals surface area contributed by atoms with Crippen molar-refractivity contribution in [3.63, 3.8) is 0 Å². The van der Waals surface area contributed by atoms with Crippen LogP contribution in [0, 0.1) is 18.6 Å². The largest absolute Gasteiger partial charge is 0.478 e. The van der Waals surface area contributed by atoms with Crippen LogP contribution in [0.5, 0.6) is 5.75 Å². The maximum Gasteiger partial charge on any atom is 0.335 e. The molecule has 0 bridgehead atoms. The number of hydrogen-bond donors (Lipinski definition) is 2. The van der Waals surface area contributed by atoms with Crippen molar-refractivity contribution in [2.75, 3.05) is 11.5 Å². The van der Waals surface area contributed by atoms with Crippen LogP contribution in [-0.4, -0.2) is 48.0 Å². The van der Waals surface area contributed by atoms with Gasteiger partial charge in [0.25, 0.3) is 5.91 Å². The number of benzene rings is 1. The molecule has 10 nitrogen and oxygen atoms in total. The number of carbonyl (C=O) groups is 2. The molecule has 3 aromatic heterocycles. The minimum atomic E-state index is -1.36. The first-order chi connectivity index (χ1) is 17.4. The number of carboxylic acids is 1. The molecule has 0 spiro atoms. The van der Waals surface area contributed by atoms with Gasteiger partial charge in [-0.2, -0.15) is 0 Å². The van der Waals surface area contributed by atoms with Crippen LogP contribution in [0.3, 0.4) is 0 Å². The third kappa shape index (κ3) is 4.25. The van der Waals surface area contributed by atoms with Crippen molar-refractivity contribution in [3.8, 4) is 16.9 Å². The SMILES string of the molecule is Cc1nc2cc(F)c(-c3cnc(C(C)(C)O)nc3)cn2c1CN1C(=O)COc2c(F)cc(C(=O)O)cc21. The molecule has 1 amide bonds. The summed E-state index contributed by atoms with van der Waals surface area (Å²) in [6.45, 7) is 4.21. The number of rotatable bonds is 5. The lowest BCUT2D eigenvalue weighted by molar-refractivity contribution is -0.121. The van der Waals surface area contributed by atoms with Crippen LogP contribution >= 0.6 is 0 Å². The van der Waals surface area contributed by atoms with E-state index in [1.165, 1.54) is 49.5 Å². The van der Waals surface area contributed by atoms with Gasteiger partial charge in [0.2, 0.25) is 0 Å². The summed E-state index contributed by atoms with van der Waals surface area (Å²) in [4.78, 5) is 38.1. The van der Waals surface area contributed by atoms with Gasteiger partial charge < -0.3 is 19.4 Å². The Bertz CT molecular complexity index is 1580. The Balaban J connectivity index is 1.59. The van der Waals surface area contributed by atoms with E-state index in [0.29, 0.717) is 17.0 Å². The molecule has 190 valence electrons. The summed E-state index contributed by atoms with van der Waals surface area (Å²) in [6.07, 6.45) is 4.28. The molecule has 0 fully saturated rings. The number of aryl methyl sites for hydroxylation is 1. The summed E-state index contributed by atoms with van der Waals surface area (Å²) >= 11 is 0. The van der Waals surface area contributed by atoms with Crippen LogP contribution in [-0.2, 0) is 16.9 Å². The second-order valence-electron chi connectivity index (χ2n) is 9.14. The summed E-state index contributed by atoms with van der Waals surface area (Å²) in [5, 5.41) is 19.4. The number of carbonyl (C=O) groups excluding carboxylic acids is 1. The molecule has 37 heavy (non-hydrogen) atoms. The number of anilines is 1. The van der Waals surface area contributed by atoms with E-state index in [2.05, 4.69) is 15.0 Å². The topological polar surface area (TPSA) is 130 Å². The van der Waals surface area contributed by atoms with Gasteiger partial charge >= 0.3 is 5.97 Å². The Morgan fingerprint density at radius 2 is 1.86 bits per heavy atom. The van der Waals surface area contributed by atoms with Gasteiger partial charge in [-0.1, -0.05) is 0 Å². The first kappa shape index (κ1) is 24.3. The number of pyridine rings is 1. The van der Waals surface area contributed by atoms with E-state index in [0.717, 1.165) is 6.07 Å². The van der Waals surface area contributed by atoms with Crippen LogP contribution in [0.4, 0.5) is 14.5 Å². The van der Waals surface area contributed by atoms with Gasteiger partial charge in [0, 0.05) is 35.8 Å². The van der Waals surface area contributed by atoms with Crippen molar-refractivity contribution in [3.05, 3.63) is 71.2 Å². The Labute approximate surface area is 208 Å². The van der Waals surface area contributed by atoms with Crippen LogP contribution in [0.15, 0.2) is 36.8 Å². The highest BCUT2D eigenvalue weighted by Crippen LogP contribution is 2.37. The summed E-state index contributed by atoms with van der Waals surface area (Å²) in [5.41, 5.74) is 0.125. The third-order valence-corrected chi connectivity index (χ3v) is 6.03. The molecule has 2 N–H and O–H groups in total. The molecule has 4 aromatic rings. The van der Waals surface area contributed by atoms with Crippen molar-refractivity contribution in [2.45, 2.75) is 32.9 Å². The average molecular weight is 509 g/mol. The van der Waals surface area contributed by atoms with Crippen molar-refractivity contribution in [2.24, 2.45) is 0 Å². The summed E-state index contributed by atoms with van der Waals surface area (Å²) < 4.78 is 36.4. The highest BCUT2D eigenvalue weighted by Gasteiger charge is 2.31. The van der Waals surface area contributed by atoms with E-state index < -0.39 is 35.7 Å². The molecule has 0 unspecified atom stereocenters. The van der Waals surface area contributed by atoms with Crippen LogP contribution in [0.1, 0.15) is 41.4 Å². The number of aromatic carboxylic acids is 1. The van der Waals surface area contributed by atoms with E-state index in [4.69, 9.17) is 4.74 Å². The van der Waals surface area contributed by atoms with Crippen molar-refractivity contribution in [1.82, 2.24) is 19.4 Å².